The second-order valence-electron chi connectivity index (χ2n) is 18.7. The Balaban J connectivity index is 0.959. The van der Waals surface area contributed by atoms with E-state index in [1.165, 1.54) is 30.1 Å². The first-order valence-electron chi connectivity index (χ1n) is 22.7. The van der Waals surface area contributed by atoms with Crippen LogP contribution in [0.1, 0.15) is 109 Å². The van der Waals surface area contributed by atoms with Crippen molar-refractivity contribution in [2.75, 3.05) is 7.11 Å². The van der Waals surface area contributed by atoms with E-state index < -0.39 is 24.3 Å². The summed E-state index contributed by atoms with van der Waals surface area (Å²) in [6.07, 6.45) is 4.91. The zero-order chi connectivity index (χ0) is 45.8. The van der Waals surface area contributed by atoms with E-state index in [2.05, 4.69) is 63.9 Å². The van der Waals surface area contributed by atoms with Gasteiger partial charge in [-0.2, -0.15) is 0 Å². The summed E-state index contributed by atoms with van der Waals surface area (Å²) in [7, 11) is 1.31. The summed E-state index contributed by atoms with van der Waals surface area (Å²) in [5, 5.41) is 7.57. The maximum atomic E-state index is 14.5. The number of aromatic amines is 2. The number of methoxy groups -OCH3 is 1. The molecule has 344 valence electrons. The lowest BCUT2D eigenvalue weighted by molar-refractivity contribution is -0.140. The van der Waals surface area contributed by atoms with Crippen molar-refractivity contribution in [2.24, 2.45) is 11.8 Å². The Morgan fingerprint density at radius 3 is 2.23 bits per heavy atom. The Bertz CT molecular complexity index is 2640. The van der Waals surface area contributed by atoms with E-state index in [0.29, 0.717) is 31.1 Å². The van der Waals surface area contributed by atoms with Crippen LogP contribution in [0.5, 0.6) is 5.75 Å². The average molecular weight is 1000 g/mol. The van der Waals surface area contributed by atoms with Crippen molar-refractivity contribution < 1.29 is 36.5 Å². The molecule has 3 saturated heterocycles. The van der Waals surface area contributed by atoms with Crippen LogP contribution in [0.2, 0.25) is 0 Å². The van der Waals surface area contributed by atoms with E-state index in [1.54, 1.807) is 0 Å². The third kappa shape index (κ3) is 8.49. The summed E-state index contributed by atoms with van der Waals surface area (Å²) in [5.41, 5.74) is 6.57. The Morgan fingerprint density at radius 2 is 1.54 bits per heavy atom. The van der Waals surface area contributed by atoms with Crippen molar-refractivity contribution in [1.29, 1.82) is 0 Å². The number of hydrogen-bond donors (Lipinski definition) is 4. The number of nitrogens with zero attached hydrogens (tertiary/aromatic N) is 4. The van der Waals surface area contributed by atoms with Gasteiger partial charge in [0.1, 0.15) is 36.1 Å². The predicted molar refractivity (Wildman–Crippen MR) is 252 cm³/mol. The molecule has 4 N–H and O–H groups in total. The number of aromatic nitrogens is 4. The molecule has 0 bridgehead atoms. The first kappa shape index (κ1) is 44.8. The van der Waals surface area contributed by atoms with Crippen molar-refractivity contribution in [3.63, 3.8) is 0 Å². The fourth-order valence-corrected chi connectivity index (χ4v) is 10.9. The molecule has 16 nitrogen and oxygen atoms in total. The van der Waals surface area contributed by atoms with Gasteiger partial charge < -0.3 is 47.7 Å². The van der Waals surface area contributed by atoms with E-state index in [9.17, 15) is 19.2 Å². The lowest BCUT2D eigenvalue weighted by Gasteiger charge is -2.39. The fourth-order valence-electron chi connectivity index (χ4n) is 10.8. The van der Waals surface area contributed by atoms with Crippen LogP contribution in [0.4, 0.5) is 9.59 Å². The first-order valence-corrected chi connectivity index (χ1v) is 23.6. The van der Waals surface area contributed by atoms with Crippen molar-refractivity contribution in [3.05, 3.63) is 65.9 Å². The molecule has 65 heavy (non-hydrogen) atoms. The molecule has 3 fully saturated rings. The van der Waals surface area contributed by atoms with Gasteiger partial charge >= 0.3 is 12.2 Å². The van der Waals surface area contributed by atoms with Crippen LogP contribution in [0.25, 0.3) is 44.2 Å². The van der Waals surface area contributed by atoms with E-state index in [4.69, 9.17) is 27.2 Å². The van der Waals surface area contributed by atoms with E-state index in [0.717, 1.165) is 81.2 Å². The van der Waals surface area contributed by atoms with Crippen molar-refractivity contribution in [1.82, 2.24) is 40.4 Å². The predicted octanol–water partition coefficient (Wildman–Crippen LogP) is 8.80. The molecule has 4 aliphatic heterocycles. The second kappa shape index (κ2) is 18.1. The summed E-state index contributed by atoms with van der Waals surface area (Å²) in [4.78, 5) is 74.0. The Hall–Kier alpha value is -5.43. The molecule has 5 aromatic rings. The summed E-state index contributed by atoms with van der Waals surface area (Å²) < 4.78 is 22.2. The van der Waals surface area contributed by atoms with E-state index in [1.807, 2.05) is 56.7 Å². The SMILES string of the molecule is COC(=O)N[C@@H](C(=O)N1[C@@H](C)CC[C@H]1c1ncc(-c2ccc3c(c2)COc2cc4c(ccc5[nH]c([C@@H]6CC[C@H](C)N6C(=O)[C@@H](NC(=O)OI)C(C)C)nc54)cc2-3)[nH]1)C1C[C@@H](C)O[C@H](C)C1. The van der Waals surface area contributed by atoms with Gasteiger partial charge in [0, 0.05) is 23.0 Å². The number of carbonyl (C=O) groups is 4. The molecular weight excluding hydrogens is 943 g/mol. The molecule has 17 heteroatoms. The molecule has 4 aliphatic rings. The molecule has 3 aromatic carbocycles. The van der Waals surface area contributed by atoms with Gasteiger partial charge in [-0.1, -0.05) is 32.0 Å². The van der Waals surface area contributed by atoms with E-state index in [-0.39, 0.29) is 60.0 Å². The minimum absolute atomic E-state index is 0.0308. The second-order valence-corrected chi connectivity index (χ2v) is 19.1. The number of ether oxygens (including phenoxy) is 3. The summed E-state index contributed by atoms with van der Waals surface area (Å²) in [6.45, 7) is 12.3. The highest BCUT2D eigenvalue weighted by molar-refractivity contribution is 14.1. The molecular formula is C48H57IN8O8. The Kier molecular flexibility index (Phi) is 12.5. The van der Waals surface area contributed by atoms with Crippen LogP contribution >= 0.6 is 23.0 Å². The Morgan fingerprint density at radius 1 is 0.831 bits per heavy atom. The quantitative estimate of drug-likeness (QED) is 0.104. The summed E-state index contributed by atoms with van der Waals surface area (Å²) >= 11 is 1.52. The van der Waals surface area contributed by atoms with Crippen LogP contribution in [0.15, 0.2) is 48.7 Å². The van der Waals surface area contributed by atoms with Gasteiger partial charge in [-0.05, 0) is 124 Å². The minimum Gasteiger partial charge on any atom is -0.488 e. The zero-order valence-electron chi connectivity index (χ0n) is 37.8. The maximum Gasteiger partial charge on any atom is 0.417 e. The van der Waals surface area contributed by atoms with Gasteiger partial charge in [-0.25, -0.2) is 19.6 Å². The number of H-pyrrole nitrogens is 2. The molecule has 4 amide bonds. The molecule has 8 atom stereocenters. The number of hydrogen-bond acceptors (Lipinski definition) is 10. The molecule has 0 unspecified atom stereocenters. The lowest BCUT2D eigenvalue weighted by Crippen LogP contribution is -2.55. The third-order valence-corrected chi connectivity index (χ3v) is 14.4. The molecule has 6 heterocycles. The van der Waals surface area contributed by atoms with E-state index >= 15 is 0 Å². The minimum atomic E-state index is -0.747. The van der Waals surface area contributed by atoms with Gasteiger partial charge in [0.05, 0.1) is 54.3 Å². The highest BCUT2D eigenvalue weighted by atomic mass is 127. The van der Waals surface area contributed by atoms with Crippen LogP contribution in [0, 0.1) is 11.8 Å². The largest absolute Gasteiger partial charge is 0.488 e. The molecule has 0 radical (unpaired) electrons. The van der Waals surface area contributed by atoms with Crippen LogP contribution < -0.4 is 15.4 Å². The molecule has 2 aromatic heterocycles. The van der Waals surface area contributed by atoms with Gasteiger partial charge in [-0.15, -0.1) is 0 Å². The number of benzene rings is 3. The highest BCUT2D eigenvalue weighted by Gasteiger charge is 2.45. The smallest absolute Gasteiger partial charge is 0.417 e. The number of nitrogens with one attached hydrogen (secondary N) is 4. The maximum absolute atomic E-state index is 14.5. The molecule has 0 saturated carbocycles. The molecule has 0 spiro atoms. The van der Waals surface area contributed by atoms with Crippen LogP contribution in [0.3, 0.4) is 0 Å². The fraction of sp³-hybridized carbons (Fsp3) is 0.500. The van der Waals surface area contributed by atoms with Gasteiger partial charge in [-0.3, -0.25) is 9.59 Å². The lowest BCUT2D eigenvalue weighted by atomic mass is 9.85. The number of halogens is 1. The number of amides is 4. The number of likely N-dealkylation sites (tertiary alicyclic amines) is 2. The number of imidazole rings is 2. The van der Waals surface area contributed by atoms with Crippen LogP contribution in [-0.4, -0.2) is 97.2 Å². The number of rotatable bonds is 9. The first-order chi connectivity index (χ1) is 31.2. The van der Waals surface area contributed by atoms with Crippen molar-refractivity contribution >= 4 is 68.8 Å². The topological polar surface area (TPSA) is 193 Å². The number of fused-ring (bicyclic) bond motifs is 6. The number of alkyl carbamates (subject to hydrolysis) is 1. The highest BCUT2D eigenvalue weighted by Crippen LogP contribution is 2.44. The number of carbonyl (C=O) groups excluding carboxylic acids is 4. The normalized spacial score (nSPS) is 24.9. The molecule has 9 rings (SSSR count). The van der Waals surface area contributed by atoms with Gasteiger partial charge in [0.25, 0.3) is 0 Å². The monoisotopic (exact) mass is 1000 g/mol. The third-order valence-electron chi connectivity index (χ3n) is 14.0. The standard InChI is InChI=1S/C48H57IN8O8/c1-23(2)40(54-48(61)65-49)45(58)57-25(4)9-15-38(57)44-51-35-13-11-28-19-34-32-12-10-29(18-31(32)22-63-39(34)20-33(28)42(35)53-44)36-21-50-43(52-36)37-14-8-24(3)56(37)46(59)41(55-47(60)62-7)30-16-26(5)64-27(6)17-30/h10-13,18-21,23-27,30,37-38,40-41H,8-9,14-17,22H2,1-7H3,(H,50,52)(H,51,53)(H,54,61)(H,55,60)/t24-,25-,26+,27+,37-,38-,40-,41+/m0/s1. The summed E-state index contributed by atoms with van der Waals surface area (Å²) in [5.74, 6) is 1.66. The summed E-state index contributed by atoms with van der Waals surface area (Å²) in [6, 6.07) is 12.6. The van der Waals surface area contributed by atoms with Crippen molar-refractivity contribution in [3.8, 4) is 28.1 Å². The molecule has 0 aliphatic carbocycles. The van der Waals surface area contributed by atoms with Gasteiger partial charge in [0.2, 0.25) is 11.8 Å². The van der Waals surface area contributed by atoms with Crippen LogP contribution in [-0.2, 0) is 28.7 Å². The van der Waals surface area contributed by atoms with Gasteiger partial charge in [0.15, 0.2) is 23.0 Å². The Labute approximate surface area is 391 Å². The average Bonchev–Trinajstić information content (AvgIpc) is 4.11. The van der Waals surface area contributed by atoms with Crippen molar-refractivity contribution in [2.45, 2.75) is 135 Å². The zero-order valence-corrected chi connectivity index (χ0v) is 39.9.